The summed E-state index contributed by atoms with van der Waals surface area (Å²) in [5, 5.41) is 0. The average Bonchev–Trinajstić information content (AvgIpc) is 3.32. The van der Waals surface area contributed by atoms with Gasteiger partial charge in [0.25, 0.3) is 0 Å². The van der Waals surface area contributed by atoms with Crippen LogP contribution in [-0.2, 0) is 45.2 Å². The number of hydrogen-bond acceptors (Lipinski definition) is 11. The number of rotatable bonds is 7. The van der Waals surface area contributed by atoms with Gasteiger partial charge in [0.1, 0.15) is 0 Å². The molecule has 1 fully saturated rings. The number of H-pyrrole nitrogens is 1. The molecule has 0 aliphatic carbocycles. The molecule has 0 saturated carbocycles. The van der Waals surface area contributed by atoms with Gasteiger partial charge in [-0.25, -0.2) is 0 Å². The van der Waals surface area contributed by atoms with Crippen LogP contribution in [0.15, 0.2) is 64.3 Å². The van der Waals surface area contributed by atoms with Gasteiger partial charge in [-0.1, -0.05) is 24.3 Å². The summed E-state index contributed by atoms with van der Waals surface area (Å²) in [6.07, 6.45) is -1.37. The Morgan fingerprint density at radius 2 is 1.52 bits per heavy atom. The SMILES string of the molecule is [CH3][Sn]([CH3])([CH3])[c]1cn([C@H]2C[C@H](OP3(=O)OCc4ccccc4O3)[C@@H](COP3(=O)OCc4ccccc4O3)O2)c(=O)[nH]c1=O. The van der Waals surface area contributed by atoms with Crippen LogP contribution in [-0.4, -0.2) is 46.7 Å². The fourth-order valence-electron chi connectivity index (χ4n) is 4.83. The second-order valence-corrected chi connectivity index (χ2v) is 28.6. The summed E-state index contributed by atoms with van der Waals surface area (Å²) in [5.74, 6) is 0.736. The van der Waals surface area contributed by atoms with Crippen LogP contribution in [0.2, 0.25) is 14.8 Å². The first-order valence-electron chi connectivity index (χ1n) is 13.3. The van der Waals surface area contributed by atoms with Gasteiger partial charge in [0.15, 0.2) is 0 Å². The van der Waals surface area contributed by atoms with Crippen LogP contribution in [0.3, 0.4) is 0 Å². The quantitative estimate of drug-likeness (QED) is 0.275. The summed E-state index contributed by atoms with van der Waals surface area (Å²) < 4.78 is 68.5. The fourth-order valence-corrected chi connectivity index (χ4v) is 11.1. The van der Waals surface area contributed by atoms with E-state index in [1.807, 2.05) is 14.8 Å². The Morgan fingerprint density at radius 3 is 2.17 bits per heavy atom. The number of aromatic nitrogens is 2. The minimum absolute atomic E-state index is 0.00321. The molecular formula is C26H30N2O11P2Sn. The maximum absolute atomic E-state index is 13.6. The van der Waals surface area contributed by atoms with Crippen molar-refractivity contribution in [3.8, 4) is 11.5 Å². The van der Waals surface area contributed by atoms with Crippen LogP contribution in [0.25, 0.3) is 0 Å². The molecule has 1 saturated heterocycles. The summed E-state index contributed by atoms with van der Waals surface area (Å²) in [6.45, 7) is -0.337. The van der Waals surface area contributed by atoms with Gasteiger partial charge in [0, 0.05) is 0 Å². The summed E-state index contributed by atoms with van der Waals surface area (Å²) in [4.78, 5) is 34.0. The molecule has 3 aliphatic heterocycles. The normalized spacial score (nSPS) is 28.8. The molecular weight excluding hydrogens is 697 g/mol. The molecule has 0 spiro atoms. The Kier molecular flexibility index (Phi) is 8.07. The maximum atomic E-state index is 13.6. The Bertz CT molecular complexity index is 1720. The van der Waals surface area contributed by atoms with Gasteiger partial charge in [-0.15, -0.1) is 0 Å². The second-order valence-electron chi connectivity index (χ2n) is 11.1. The number of phosphoric ester groups is 2. The molecule has 1 aromatic heterocycles. The van der Waals surface area contributed by atoms with Crippen molar-refractivity contribution in [2.45, 2.75) is 52.9 Å². The third-order valence-corrected chi connectivity index (χ3v) is 15.4. The van der Waals surface area contributed by atoms with E-state index in [9.17, 15) is 18.7 Å². The topological polar surface area (TPSA) is 154 Å². The first-order chi connectivity index (χ1) is 19.9. The predicted octanol–water partition coefficient (Wildman–Crippen LogP) is 4.21. The van der Waals surface area contributed by atoms with Crippen LogP contribution in [0.1, 0.15) is 23.8 Å². The monoisotopic (exact) mass is 728 g/mol. The molecule has 5 atom stereocenters. The van der Waals surface area contributed by atoms with E-state index in [0.29, 0.717) is 26.2 Å². The number of phosphoric acid groups is 2. The standard InChI is InChI=1S/C23H21N2O11P2.3CH3.Sn/c26-21-9-10-25(23(27)24-21)22-11-19(36-38(29)31-13-16-6-2-4-8-18(16)35-38)20(33-22)14-32-37(28)30-12-15-5-1-3-7-17(15)34-37;;;;/h1-8,10,19-20,22H,11-14H2,(H,24,26,27);3*1H3;/t19-,20+,22+,37?,38?;;;;/m0..../s1. The number of benzene rings is 2. The van der Waals surface area contributed by atoms with Crippen molar-refractivity contribution >= 4 is 37.6 Å². The van der Waals surface area contributed by atoms with Gasteiger partial charge in [-0.05, 0) is 0 Å². The average molecular weight is 727 g/mol. The van der Waals surface area contributed by atoms with Crippen molar-refractivity contribution in [3.63, 3.8) is 0 Å². The molecule has 42 heavy (non-hydrogen) atoms. The van der Waals surface area contributed by atoms with Crippen LogP contribution in [0, 0.1) is 0 Å². The van der Waals surface area contributed by atoms with E-state index in [2.05, 4.69) is 4.98 Å². The van der Waals surface area contributed by atoms with Crippen LogP contribution < -0.4 is 23.9 Å². The Hall–Kier alpha value is -2.22. The number of nitrogens with zero attached hydrogens (tertiary/aromatic N) is 1. The zero-order valence-corrected chi connectivity index (χ0v) is 27.7. The van der Waals surface area contributed by atoms with Crippen molar-refractivity contribution in [1.29, 1.82) is 0 Å². The van der Waals surface area contributed by atoms with E-state index in [-0.39, 0.29) is 26.2 Å². The molecule has 16 heteroatoms. The zero-order valence-electron chi connectivity index (χ0n) is 23.1. The molecule has 224 valence electrons. The Morgan fingerprint density at radius 1 is 0.929 bits per heavy atom. The zero-order chi connectivity index (χ0) is 29.7. The predicted molar refractivity (Wildman–Crippen MR) is 153 cm³/mol. The molecule has 2 unspecified atom stereocenters. The second kappa shape index (κ2) is 11.4. The van der Waals surface area contributed by atoms with Gasteiger partial charge >= 0.3 is 222 Å². The van der Waals surface area contributed by atoms with Crippen molar-refractivity contribution in [2.24, 2.45) is 0 Å². The van der Waals surface area contributed by atoms with Gasteiger partial charge < -0.3 is 0 Å². The third-order valence-electron chi connectivity index (χ3n) is 7.05. The van der Waals surface area contributed by atoms with Gasteiger partial charge in [0.2, 0.25) is 0 Å². The molecule has 1 N–H and O–H groups in total. The number of hydrogen-bond donors (Lipinski definition) is 1. The number of para-hydroxylation sites is 2. The summed E-state index contributed by atoms with van der Waals surface area (Å²) in [5.41, 5.74) is 0.341. The van der Waals surface area contributed by atoms with E-state index in [1.165, 1.54) is 10.8 Å². The first-order valence-corrected chi connectivity index (χ1v) is 26.2. The molecule has 2 aromatic carbocycles. The van der Waals surface area contributed by atoms with E-state index >= 15 is 0 Å². The summed E-state index contributed by atoms with van der Waals surface area (Å²) in [6, 6.07) is 14.0. The van der Waals surface area contributed by atoms with Crippen molar-refractivity contribution < 1.29 is 41.0 Å². The molecule has 0 amide bonds. The molecule has 3 aliphatic rings. The summed E-state index contributed by atoms with van der Waals surface area (Å²) >= 11 is -2.95. The van der Waals surface area contributed by atoms with Gasteiger partial charge in [-0.2, -0.15) is 0 Å². The van der Waals surface area contributed by atoms with E-state index < -0.39 is 63.7 Å². The molecule has 3 aromatic rings. The third kappa shape index (κ3) is 6.20. The molecule has 0 radical (unpaired) electrons. The Balaban J connectivity index is 1.26. The van der Waals surface area contributed by atoms with Gasteiger partial charge in [0.05, 0.1) is 0 Å². The van der Waals surface area contributed by atoms with Crippen LogP contribution in [0.5, 0.6) is 11.5 Å². The first kappa shape index (κ1) is 29.8. The van der Waals surface area contributed by atoms with Gasteiger partial charge in [-0.3, -0.25) is 0 Å². The number of ether oxygens (including phenoxy) is 1. The number of aromatic amines is 1. The van der Waals surface area contributed by atoms with E-state index in [4.69, 9.17) is 31.9 Å². The van der Waals surface area contributed by atoms with E-state index in [0.717, 1.165) is 0 Å². The van der Waals surface area contributed by atoms with Crippen molar-refractivity contribution in [2.75, 3.05) is 6.61 Å². The van der Waals surface area contributed by atoms with Crippen LogP contribution in [0.4, 0.5) is 0 Å². The number of fused-ring (bicyclic) bond motifs is 2. The van der Waals surface area contributed by atoms with Crippen molar-refractivity contribution in [3.05, 3.63) is 86.7 Å². The van der Waals surface area contributed by atoms with Crippen molar-refractivity contribution in [1.82, 2.24) is 9.55 Å². The summed E-state index contributed by atoms with van der Waals surface area (Å²) in [7, 11) is -8.17. The fraction of sp³-hybridized carbons (Fsp3) is 0.385. The minimum atomic E-state index is -4.12. The van der Waals surface area contributed by atoms with E-state index in [1.54, 1.807) is 48.5 Å². The van der Waals surface area contributed by atoms with Crippen LogP contribution >= 0.6 is 15.6 Å². The Labute approximate surface area is 245 Å². The molecule has 13 nitrogen and oxygen atoms in total. The molecule has 4 heterocycles. The molecule has 0 bridgehead atoms. The molecule has 6 rings (SSSR count). The number of nitrogens with one attached hydrogen (secondary N) is 1.